The molecule has 0 bridgehead atoms. The van der Waals surface area contributed by atoms with Gasteiger partial charge in [-0.25, -0.2) is 0 Å². The molecule has 2 amide bonds. The third-order valence-corrected chi connectivity index (χ3v) is 3.52. The van der Waals surface area contributed by atoms with Gasteiger partial charge in [0, 0.05) is 18.3 Å². The summed E-state index contributed by atoms with van der Waals surface area (Å²) in [5.74, 6) is 0.233. The van der Waals surface area contributed by atoms with Crippen LogP contribution in [0.15, 0.2) is 42.5 Å². The summed E-state index contributed by atoms with van der Waals surface area (Å²) < 4.78 is 5.64. The molecular formula is C19H22N2O3. The molecule has 1 unspecified atom stereocenters. The van der Waals surface area contributed by atoms with E-state index >= 15 is 0 Å². The van der Waals surface area contributed by atoms with Crippen molar-refractivity contribution in [3.8, 4) is 5.75 Å². The number of ether oxygens (including phenoxy) is 1. The van der Waals surface area contributed by atoms with Crippen molar-refractivity contribution in [3.05, 3.63) is 53.6 Å². The van der Waals surface area contributed by atoms with E-state index in [1.807, 2.05) is 44.2 Å². The Kier molecular flexibility index (Phi) is 5.58. The Hall–Kier alpha value is -2.82. The molecule has 24 heavy (non-hydrogen) atoms. The molecule has 2 N–H and O–H groups in total. The van der Waals surface area contributed by atoms with E-state index in [0.29, 0.717) is 17.1 Å². The van der Waals surface area contributed by atoms with Crippen molar-refractivity contribution in [2.45, 2.75) is 33.8 Å². The first-order valence-corrected chi connectivity index (χ1v) is 7.77. The fraction of sp³-hybridized carbons (Fsp3) is 0.263. The lowest BCUT2D eigenvalue weighted by molar-refractivity contribution is -0.122. The van der Waals surface area contributed by atoms with E-state index in [0.717, 1.165) is 11.1 Å². The van der Waals surface area contributed by atoms with E-state index in [1.54, 1.807) is 19.1 Å². The highest BCUT2D eigenvalue weighted by Crippen LogP contribution is 2.21. The molecule has 2 aromatic carbocycles. The van der Waals surface area contributed by atoms with Gasteiger partial charge in [-0.15, -0.1) is 0 Å². The van der Waals surface area contributed by atoms with Crippen molar-refractivity contribution in [1.82, 2.24) is 0 Å². The maximum Gasteiger partial charge on any atom is 0.265 e. The van der Waals surface area contributed by atoms with Crippen molar-refractivity contribution in [2.24, 2.45) is 0 Å². The zero-order chi connectivity index (χ0) is 17.7. The summed E-state index contributed by atoms with van der Waals surface area (Å²) in [6.45, 7) is 7.02. The topological polar surface area (TPSA) is 67.4 Å². The maximum absolute atomic E-state index is 12.3. The number of nitrogens with one attached hydrogen (secondary N) is 2. The minimum Gasteiger partial charge on any atom is -0.481 e. The standard InChI is InChI=1S/C19H22N2O3/c1-12-5-9-17(10-6-12)24-14(3)19(23)21-16-8-7-13(2)18(11-16)20-15(4)22/h5-11,14H,1-4H3,(H,20,22)(H,21,23). The third-order valence-electron chi connectivity index (χ3n) is 3.52. The van der Waals surface area contributed by atoms with Crippen LogP contribution >= 0.6 is 0 Å². The van der Waals surface area contributed by atoms with Gasteiger partial charge in [-0.05, 0) is 50.6 Å². The number of aryl methyl sites for hydroxylation is 2. The number of benzene rings is 2. The summed E-state index contributed by atoms with van der Waals surface area (Å²) in [7, 11) is 0. The van der Waals surface area contributed by atoms with Crippen LogP contribution in [0.5, 0.6) is 5.75 Å². The molecule has 0 saturated heterocycles. The quantitative estimate of drug-likeness (QED) is 0.881. The second-order valence-corrected chi connectivity index (χ2v) is 5.77. The lowest BCUT2D eigenvalue weighted by atomic mass is 10.1. The summed E-state index contributed by atoms with van der Waals surface area (Å²) in [6, 6.07) is 12.9. The summed E-state index contributed by atoms with van der Waals surface area (Å²) in [4.78, 5) is 23.5. The second-order valence-electron chi connectivity index (χ2n) is 5.77. The Morgan fingerprint density at radius 3 is 2.29 bits per heavy atom. The Morgan fingerprint density at radius 2 is 1.67 bits per heavy atom. The van der Waals surface area contributed by atoms with Crippen LogP contribution in [0.4, 0.5) is 11.4 Å². The Morgan fingerprint density at radius 1 is 1.00 bits per heavy atom. The van der Waals surface area contributed by atoms with Gasteiger partial charge in [0.05, 0.1) is 0 Å². The van der Waals surface area contributed by atoms with Gasteiger partial charge in [0.15, 0.2) is 6.10 Å². The lowest BCUT2D eigenvalue weighted by Gasteiger charge is -2.16. The molecule has 2 rings (SSSR count). The van der Waals surface area contributed by atoms with Crippen molar-refractivity contribution in [1.29, 1.82) is 0 Å². The predicted molar refractivity (Wildman–Crippen MR) is 95.4 cm³/mol. The molecule has 126 valence electrons. The average molecular weight is 326 g/mol. The monoisotopic (exact) mass is 326 g/mol. The smallest absolute Gasteiger partial charge is 0.265 e. The molecule has 0 aliphatic carbocycles. The Bertz CT molecular complexity index is 739. The van der Waals surface area contributed by atoms with E-state index in [-0.39, 0.29) is 11.8 Å². The van der Waals surface area contributed by atoms with Crippen LogP contribution in [0.25, 0.3) is 0 Å². The summed E-state index contributed by atoms with van der Waals surface area (Å²) in [5, 5.41) is 5.54. The maximum atomic E-state index is 12.3. The average Bonchev–Trinajstić information content (AvgIpc) is 2.52. The van der Waals surface area contributed by atoms with E-state index < -0.39 is 6.10 Å². The molecular weight excluding hydrogens is 304 g/mol. The summed E-state index contributed by atoms with van der Waals surface area (Å²) in [6.07, 6.45) is -0.641. The number of hydrogen-bond donors (Lipinski definition) is 2. The Labute approximate surface area is 142 Å². The van der Waals surface area contributed by atoms with Crippen LogP contribution in [0.3, 0.4) is 0 Å². The number of carbonyl (C=O) groups is 2. The highest BCUT2D eigenvalue weighted by molar-refractivity contribution is 5.96. The largest absolute Gasteiger partial charge is 0.481 e. The van der Waals surface area contributed by atoms with Crippen LogP contribution in [0.1, 0.15) is 25.0 Å². The van der Waals surface area contributed by atoms with Crippen molar-refractivity contribution < 1.29 is 14.3 Å². The van der Waals surface area contributed by atoms with Gasteiger partial charge in [0.25, 0.3) is 5.91 Å². The minimum absolute atomic E-state index is 0.155. The molecule has 0 aliphatic heterocycles. The first-order valence-electron chi connectivity index (χ1n) is 7.77. The number of amides is 2. The van der Waals surface area contributed by atoms with Crippen molar-refractivity contribution >= 4 is 23.2 Å². The second kappa shape index (κ2) is 7.64. The first-order chi connectivity index (χ1) is 11.3. The zero-order valence-corrected chi connectivity index (χ0v) is 14.3. The number of hydrogen-bond acceptors (Lipinski definition) is 3. The SMILES string of the molecule is CC(=O)Nc1cc(NC(=O)C(C)Oc2ccc(C)cc2)ccc1C. The molecule has 0 fully saturated rings. The first kappa shape index (κ1) is 17.5. The molecule has 0 radical (unpaired) electrons. The molecule has 0 spiro atoms. The Balaban J connectivity index is 2.03. The predicted octanol–water partition coefficient (Wildman–Crippen LogP) is 3.67. The van der Waals surface area contributed by atoms with Gasteiger partial charge in [-0.1, -0.05) is 23.8 Å². The molecule has 0 saturated carbocycles. The van der Waals surface area contributed by atoms with Crippen LogP contribution in [-0.2, 0) is 9.59 Å². The third kappa shape index (κ3) is 4.84. The number of rotatable bonds is 5. The number of carbonyl (C=O) groups excluding carboxylic acids is 2. The fourth-order valence-electron chi connectivity index (χ4n) is 2.14. The van der Waals surface area contributed by atoms with Gasteiger partial charge in [0.1, 0.15) is 5.75 Å². The van der Waals surface area contributed by atoms with E-state index in [4.69, 9.17) is 4.74 Å². The highest BCUT2D eigenvalue weighted by atomic mass is 16.5. The molecule has 0 aliphatic rings. The summed E-state index contributed by atoms with van der Waals surface area (Å²) >= 11 is 0. The van der Waals surface area contributed by atoms with Gasteiger partial charge >= 0.3 is 0 Å². The van der Waals surface area contributed by atoms with Crippen molar-refractivity contribution in [3.63, 3.8) is 0 Å². The van der Waals surface area contributed by atoms with E-state index in [1.165, 1.54) is 6.92 Å². The molecule has 0 aromatic heterocycles. The molecule has 1 atom stereocenters. The summed E-state index contributed by atoms with van der Waals surface area (Å²) in [5.41, 5.74) is 3.33. The lowest BCUT2D eigenvalue weighted by Crippen LogP contribution is -2.30. The molecule has 2 aromatic rings. The van der Waals surface area contributed by atoms with E-state index in [2.05, 4.69) is 10.6 Å². The van der Waals surface area contributed by atoms with Crippen LogP contribution in [0, 0.1) is 13.8 Å². The van der Waals surface area contributed by atoms with Crippen LogP contribution in [0.2, 0.25) is 0 Å². The highest BCUT2D eigenvalue weighted by Gasteiger charge is 2.15. The van der Waals surface area contributed by atoms with Gasteiger partial charge < -0.3 is 15.4 Å². The zero-order valence-electron chi connectivity index (χ0n) is 14.3. The normalized spacial score (nSPS) is 11.5. The molecule has 0 heterocycles. The van der Waals surface area contributed by atoms with Gasteiger partial charge in [-0.3, -0.25) is 9.59 Å². The van der Waals surface area contributed by atoms with Crippen molar-refractivity contribution in [2.75, 3.05) is 10.6 Å². The molecule has 5 heteroatoms. The number of anilines is 2. The van der Waals surface area contributed by atoms with Gasteiger partial charge in [0.2, 0.25) is 5.91 Å². The van der Waals surface area contributed by atoms with Crippen LogP contribution < -0.4 is 15.4 Å². The van der Waals surface area contributed by atoms with Crippen LogP contribution in [-0.4, -0.2) is 17.9 Å². The molecule has 5 nitrogen and oxygen atoms in total. The van der Waals surface area contributed by atoms with E-state index in [9.17, 15) is 9.59 Å². The fourth-order valence-corrected chi connectivity index (χ4v) is 2.14. The minimum atomic E-state index is -0.641. The van der Waals surface area contributed by atoms with Gasteiger partial charge in [-0.2, -0.15) is 0 Å².